The van der Waals surface area contributed by atoms with E-state index in [4.69, 9.17) is 0 Å². The van der Waals surface area contributed by atoms with Gasteiger partial charge in [-0.3, -0.25) is 0 Å². The van der Waals surface area contributed by atoms with Crippen LogP contribution in [0, 0.1) is 0 Å². The van der Waals surface area contributed by atoms with Gasteiger partial charge in [0.1, 0.15) is 0 Å². The number of halogens is 1. The van der Waals surface area contributed by atoms with E-state index < -0.39 is 10.2 Å². The fourth-order valence-electron chi connectivity index (χ4n) is 3.39. The van der Waals surface area contributed by atoms with Crippen LogP contribution in [0.3, 0.4) is 0 Å². The van der Waals surface area contributed by atoms with Gasteiger partial charge in [0.2, 0.25) is 0 Å². The zero-order valence-electron chi connectivity index (χ0n) is 13.3. The highest BCUT2D eigenvalue weighted by atomic mass is 35.5. The Morgan fingerprint density at radius 1 is 1.10 bits per heavy atom. The van der Waals surface area contributed by atoms with Gasteiger partial charge in [-0.2, -0.15) is 17.0 Å². The molecular weight excluding hydrogens is 310 g/mol. The Labute approximate surface area is 136 Å². The molecule has 0 aromatic rings. The van der Waals surface area contributed by atoms with Crippen LogP contribution in [0.4, 0.5) is 0 Å². The van der Waals surface area contributed by atoms with Crippen LogP contribution in [0.25, 0.3) is 0 Å². The first-order valence-corrected chi connectivity index (χ1v) is 9.42. The molecule has 0 radical (unpaired) electrons. The van der Waals surface area contributed by atoms with Gasteiger partial charge in [-0.1, -0.05) is 26.2 Å². The molecule has 21 heavy (non-hydrogen) atoms. The minimum absolute atomic E-state index is 0. The SMILES string of the molecule is CCCN(C1CCNC1)S(=O)(=O)N(C)C1CCCCC1.Cl. The largest absolute Gasteiger partial charge is 0.315 e. The standard InChI is InChI=1S/C14H29N3O2S.ClH/c1-3-11-17(14-9-10-15-12-14)20(18,19)16(2)13-7-5-4-6-8-13;/h13-15H,3-12H2,1-2H3;1H. The Hall–Kier alpha value is 0.120. The van der Waals surface area contributed by atoms with Crippen molar-refractivity contribution >= 4 is 22.6 Å². The Balaban J connectivity index is 0.00000220. The van der Waals surface area contributed by atoms with Crippen LogP contribution in [0.15, 0.2) is 0 Å². The lowest BCUT2D eigenvalue weighted by molar-refractivity contribution is 0.246. The Bertz CT molecular complexity index is 393. The molecular formula is C14H30ClN3O2S. The molecule has 5 nitrogen and oxygen atoms in total. The lowest BCUT2D eigenvalue weighted by Gasteiger charge is -2.36. The Kier molecular flexibility index (Phi) is 7.92. The topological polar surface area (TPSA) is 52.7 Å². The van der Waals surface area contributed by atoms with Gasteiger partial charge >= 0.3 is 0 Å². The summed E-state index contributed by atoms with van der Waals surface area (Å²) >= 11 is 0. The summed E-state index contributed by atoms with van der Waals surface area (Å²) in [6, 6.07) is 0.327. The van der Waals surface area contributed by atoms with Crippen LogP contribution < -0.4 is 5.32 Å². The molecule has 1 aliphatic carbocycles. The molecule has 2 fully saturated rings. The molecule has 1 aliphatic heterocycles. The summed E-state index contributed by atoms with van der Waals surface area (Å²) in [5, 5.41) is 3.28. The molecule has 1 atom stereocenters. The molecule has 1 N–H and O–H groups in total. The second kappa shape index (κ2) is 8.67. The highest BCUT2D eigenvalue weighted by molar-refractivity contribution is 7.86. The Morgan fingerprint density at radius 3 is 2.29 bits per heavy atom. The number of hydrogen-bond donors (Lipinski definition) is 1. The highest BCUT2D eigenvalue weighted by Crippen LogP contribution is 2.26. The molecule has 0 amide bonds. The highest BCUT2D eigenvalue weighted by Gasteiger charge is 2.37. The normalized spacial score (nSPS) is 24.5. The zero-order valence-corrected chi connectivity index (χ0v) is 14.9. The summed E-state index contributed by atoms with van der Waals surface area (Å²) in [5.41, 5.74) is 0. The van der Waals surface area contributed by atoms with Gasteiger partial charge in [0.15, 0.2) is 0 Å². The molecule has 0 bridgehead atoms. The smallest absolute Gasteiger partial charge is 0.282 e. The quantitative estimate of drug-likeness (QED) is 0.805. The van der Waals surface area contributed by atoms with E-state index in [0.717, 1.165) is 51.6 Å². The van der Waals surface area contributed by atoms with Crippen LogP contribution >= 0.6 is 12.4 Å². The molecule has 1 heterocycles. The van der Waals surface area contributed by atoms with E-state index in [1.54, 1.807) is 15.7 Å². The average Bonchev–Trinajstić information content (AvgIpc) is 2.98. The molecule has 1 saturated heterocycles. The molecule has 2 aliphatic rings. The summed E-state index contributed by atoms with van der Waals surface area (Å²) in [6.07, 6.45) is 7.38. The molecule has 0 aromatic heterocycles. The summed E-state index contributed by atoms with van der Waals surface area (Å²) in [7, 11) is -1.55. The maximum absolute atomic E-state index is 12.9. The van der Waals surface area contributed by atoms with Crippen LogP contribution in [-0.4, -0.2) is 55.8 Å². The summed E-state index contributed by atoms with van der Waals surface area (Å²) in [4.78, 5) is 0. The van der Waals surface area contributed by atoms with E-state index in [1.807, 2.05) is 6.92 Å². The van der Waals surface area contributed by atoms with Gasteiger partial charge < -0.3 is 5.32 Å². The van der Waals surface area contributed by atoms with E-state index in [2.05, 4.69) is 5.32 Å². The maximum Gasteiger partial charge on any atom is 0.282 e. The lowest BCUT2D eigenvalue weighted by Crippen LogP contribution is -2.51. The third-order valence-electron chi connectivity index (χ3n) is 4.63. The first-order valence-electron chi connectivity index (χ1n) is 8.03. The lowest BCUT2D eigenvalue weighted by atomic mass is 9.96. The van der Waals surface area contributed by atoms with Crippen molar-refractivity contribution in [1.29, 1.82) is 0 Å². The van der Waals surface area contributed by atoms with E-state index in [0.29, 0.717) is 6.54 Å². The van der Waals surface area contributed by atoms with Crippen molar-refractivity contribution in [1.82, 2.24) is 13.9 Å². The van der Waals surface area contributed by atoms with Crippen molar-refractivity contribution in [2.45, 2.75) is 64.0 Å². The van der Waals surface area contributed by atoms with Gasteiger partial charge in [-0.15, -0.1) is 12.4 Å². The van der Waals surface area contributed by atoms with Gasteiger partial charge in [-0.25, -0.2) is 0 Å². The molecule has 0 aromatic carbocycles. The summed E-state index contributed by atoms with van der Waals surface area (Å²) in [5.74, 6) is 0. The predicted octanol–water partition coefficient (Wildman–Crippen LogP) is 1.99. The zero-order chi connectivity index (χ0) is 14.6. The van der Waals surface area contributed by atoms with Crippen molar-refractivity contribution in [2.24, 2.45) is 0 Å². The maximum atomic E-state index is 12.9. The van der Waals surface area contributed by atoms with Crippen LogP contribution in [0.5, 0.6) is 0 Å². The van der Waals surface area contributed by atoms with E-state index in [9.17, 15) is 8.42 Å². The van der Waals surface area contributed by atoms with Crippen molar-refractivity contribution in [2.75, 3.05) is 26.7 Å². The molecule has 0 spiro atoms. The van der Waals surface area contributed by atoms with E-state index in [-0.39, 0.29) is 24.5 Å². The summed E-state index contributed by atoms with van der Waals surface area (Å²) in [6.45, 7) is 4.39. The fraction of sp³-hybridized carbons (Fsp3) is 1.00. The van der Waals surface area contributed by atoms with Crippen LogP contribution in [0.1, 0.15) is 51.9 Å². The second-order valence-corrected chi connectivity index (χ2v) is 8.01. The first kappa shape index (κ1) is 19.2. The van der Waals surface area contributed by atoms with Gasteiger partial charge in [0, 0.05) is 32.2 Å². The van der Waals surface area contributed by atoms with Crippen molar-refractivity contribution in [3.05, 3.63) is 0 Å². The van der Waals surface area contributed by atoms with Crippen molar-refractivity contribution < 1.29 is 8.42 Å². The summed E-state index contributed by atoms with van der Waals surface area (Å²) < 4.78 is 29.3. The molecule has 126 valence electrons. The Morgan fingerprint density at radius 2 is 1.76 bits per heavy atom. The molecule has 1 unspecified atom stereocenters. The van der Waals surface area contributed by atoms with Crippen LogP contribution in [0.2, 0.25) is 0 Å². The minimum atomic E-state index is -3.32. The number of hydrogen-bond acceptors (Lipinski definition) is 3. The average molecular weight is 340 g/mol. The van der Waals surface area contributed by atoms with Gasteiger partial charge in [0.05, 0.1) is 0 Å². The molecule has 7 heteroatoms. The van der Waals surface area contributed by atoms with Gasteiger partial charge in [-0.05, 0) is 32.2 Å². The minimum Gasteiger partial charge on any atom is -0.315 e. The molecule has 1 saturated carbocycles. The molecule has 2 rings (SSSR count). The van der Waals surface area contributed by atoms with Crippen molar-refractivity contribution in [3.63, 3.8) is 0 Å². The van der Waals surface area contributed by atoms with E-state index >= 15 is 0 Å². The number of nitrogens with one attached hydrogen (secondary N) is 1. The second-order valence-electron chi connectivity index (χ2n) is 6.07. The number of nitrogens with zero attached hydrogens (tertiary/aromatic N) is 2. The number of rotatable bonds is 6. The van der Waals surface area contributed by atoms with Crippen molar-refractivity contribution in [3.8, 4) is 0 Å². The third-order valence-corrected chi connectivity index (χ3v) is 6.73. The van der Waals surface area contributed by atoms with E-state index in [1.165, 1.54) is 6.42 Å². The predicted molar refractivity (Wildman–Crippen MR) is 89.1 cm³/mol. The fourth-order valence-corrected chi connectivity index (χ4v) is 5.28. The first-order chi connectivity index (χ1) is 9.57. The van der Waals surface area contributed by atoms with Crippen LogP contribution in [-0.2, 0) is 10.2 Å². The monoisotopic (exact) mass is 339 g/mol. The third kappa shape index (κ3) is 4.55. The van der Waals surface area contributed by atoms with Gasteiger partial charge in [0.25, 0.3) is 10.2 Å².